The van der Waals surface area contributed by atoms with Gasteiger partial charge in [-0.15, -0.1) is 0 Å². The van der Waals surface area contributed by atoms with Gasteiger partial charge in [-0.3, -0.25) is 4.79 Å². The van der Waals surface area contributed by atoms with Crippen molar-refractivity contribution in [3.05, 3.63) is 59.2 Å². The van der Waals surface area contributed by atoms with Gasteiger partial charge < -0.3 is 14.2 Å². The number of hydrogen-bond donors (Lipinski definition) is 0. The van der Waals surface area contributed by atoms with Crippen LogP contribution < -0.4 is 9.47 Å². The molecule has 0 heterocycles. The van der Waals surface area contributed by atoms with Crippen molar-refractivity contribution in [2.75, 3.05) is 13.7 Å². The number of esters is 1. The zero-order valence-corrected chi connectivity index (χ0v) is 13.1. The molecule has 0 saturated carbocycles. The molecule has 5 nitrogen and oxygen atoms in total. The third-order valence-electron chi connectivity index (χ3n) is 3.18. The standard InChI is InChI=1S/C18H18O5/c1-3-22-18(20)15-7-4-13(5-8-15)12-23-16-9-6-14(11-19)10-17(16)21-2/h4-11H,3,12H2,1-2H3. The fourth-order valence-electron chi connectivity index (χ4n) is 1.99. The molecule has 0 spiro atoms. The van der Waals surface area contributed by atoms with Crippen LogP contribution in [0, 0.1) is 0 Å². The molecule has 5 heteroatoms. The zero-order valence-electron chi connectivity index (χ0n) is 13.1. The van der Waals surface area contributed by atoms with Gasteiger partial charge in [-0.2, -0.15) is 0 Å². The minimum atomic E-state index is -0.342. The van der Waals surface area contributed by atoms with Crippen molar-refractivity contribution in [2.45, 2.75) is 13.5 Å². The van der Waals surface area contributed by atoms with Crippen LogP contribution in [-0.2, 0) is 11.3 Å². The molecule has 0 saturated heterocycles. The van der Waals surface area contributed by atoms with E-state index in [1.807, 2.05) is 0 Å². The maximum atomic E-state index is 11.6. The molecular weight excluding hydrogens is 296 g/mol. The van der Waals surface area contributed by atoms with Crippen LogP contribution in [0.25, 0.3) is 0 Å². The van der Waals surface area contributed by atoms with Gasteiger partial charge in [-0.25, -0.2) is 4.79 Å². The first kappa shape index (κ1) is 16.5. The molecule has 0 amide bonds. The molecule has 0 aromatic heterocycles. The number of benzene rings is 2. The van der Waals surface area contributed by atoms with Gasteiger partial charge in [0.05, 0.1) is 19.3 Å². The lowest BCUT2D eigenvalue weighted by molar-refractivity contribution is 0.0526. The highest BCUT2D eigenvalue weighted by atomic mass is 16.5. The van der Waals surface area contributed by atoms with Crippen molar-refractivity contribution in [1.29, 1.82) is 0 Å². The second kappa shape index (κ2) is 7.98. The van der Waals surface area contributed by atoms with Crippen LogP contribution in [0.3, 0.4) is 0 Å². The highest BCUT2D eigenvalue weighted by Gasteiger charge is 2.08. The minimum Gasteiger partial charge on any atom is -0.493 e. The molecule has 2 aromatic rings. The second-order valence-corrected chi connectivity index (χ2v) is 4.73. The SMILES string of the molecule is CCOC(=O)c1ccc(COc2ccc(C=O)cc2OC)cc1. The highest BCUT2D eigenvalue weighted by Crippen LogP contribution is 2.28. The van der Waals surface area contributed by atoms with E-state index in [1.165, 1.54) is 7.11 Å². The van der Waals surface area contributed by atoms with E-state index in [0.29, 0.717) is 35.8 Å². The number of aldehydes is 1. The summed E-state index contributed by atoms with van der Waals surface area (Å²) in [6.45, 7) is 2.43. The molecule has 0 aliphatic rings. The summed E-state index contributed by atoms with van der Waals surface area (Å²) in [5, 5.41) is 0. The number of rotatable bonds is 7. The smallest absolute Gasteiger partial charge is 0.338 e. The van der Waals surface area contributed by atoms with E-state index < -0.39 is 0 Å². The van der Waals surface area contributed by atoms with E-state index in [0.717, 1.165) is 11.8 Å². The molecule has 2 rings (SSSR count). The molecular formula is C18H18O5. The lowest BCUT2D eigenvalue weighted by Gasteiger charge is -2.11. The fourth-order valence-corrected chi connectivity index (χ4v) is 1.99. The predicted octanol–water partition coefficient (Wildman–Crippen LogP) is 3.26. The second-order valence-electron chi connectivity index (χ2n) is 4.73. The fraction of sp³-hybridized carbons (Fsp3) is 0.222. The summed E-state index contributed by atoms with van der Waals surface area (Å²) < 4.78 is 15.8. The topological polar surface area (TPSA) is 61.8 Å². The Hall–Kier alpha value is -2.82. The number of hydrogen-bond acceptors (Lipinski definition) is 5. The molecule has 0 fully saturated rings. The molecule has 0 aliphatic heterocycles. The quantitative estimate of drug-likeness (QED) is 0.580. The van der Waals surface area contributed by atoms with E-state index >= 15 is 0 Å². The van der Waals surface area contributed by atoms with Crippen LogP contribution in [0.4, 0.5) is 0 Å². The van der Waals surface area contributed by atoms with Gasteiger partial charge in [0.15, 0.2) is 11.5 Å². The van der Waals surface area contributed by atoms with Crippen molar-refractivity contribution >= 4 is 12.3 Å². The van der Waals surface area contributed by atoms with Gasteiger partial charge in [0.2, 0.25) is 0 Å². The van der Waals surface area contributed by atoms with Gasteiger partial charge in [-0.05, 0) is 42.8 Å². The molecule has 23 heavy (non-hydrogen) atoms. The van der Waals surface area contributed by atoms with E-state index in [9.17, 15) is 9.59 Å². The van der Waals surface area contributed by atoms with Gasteiger partial charge in [-0.1, -0.05) is 12.1 Å². The normalized spacial score (nSPS) is 10.0. The Morgan fingerprint density at radius 2 is 1.83 bits per heavy atom. The third kappa shape index (κ3) is 4.32. The summed E-state index contributed by atoms with van der Waals surface area (Å²) >= 11 is 0. The zero-order chi connectivity index (χ0) is 16.7. The first-order chi connectivity index (χ1) is 11.2. The summed E-state index contributed by atoms with van der Waals surface area (Å²) in [5.41, 5.74) is 1.93. The van der Waals surface area contributed by atoms with Crippen LogP contribution >= 0.6 is 0 Å². The van der Waals surface area contributed by atoms with Crippen molar-refractivity contribution in [1.82, 2.24) is 0 Å². The summed E-state index contributed by atoms with van der Waals surface area (Å²) in [7, 11) is 1.52. The number of carbonyl (C=O) groups is 2. The van der Waals surface area contributed by atoms with Crippen molar-refractivity contribution in [2.24, 2.45) is 0 Å². The highest BCUT2D eigenvalue weighted by molar-refractivity contribution is 5.89. The van der Waals surface area contributed by atoms with Gasteiger partial charge in [0.1, 0.15) is 12.9 Å². The van der Waals surface area contributed by atoms with Crippen LogP contribution in [0.15, 0.2) is 42.5 Å². The summed E-state index contributed by atoms with van der Waals surface area (Å²) in [4.78, 5) is 22.3. The van der Waals surface area contributed by atoms with Crippen molar-refractivity contribution in [3.63, 3.8) is 0 Å². The third-order valence-corrected chi connectivity index (χ3v) is 3.18. The Morgan fingerprint density at radius 1 is 1.09 bits per heavy atom. The number of carbonyl (C=O) groups excluding carboxylic acids is 2. The molecule has 120 valence electrons. The van der Waals surface area contributed by atoms with Crippen LogP contribution in [-0.4, -0.2) is 26.0 Å². The molecule has 0 atom stereocenters. The average molecular weight is 314 g/mol. The van der Waals surface area contributed by atoms with E-state index in [-0.39, 0.29) is 5.97 Å². The van der Waals surface area contributed by atoms with Crippen molar-refractivity contribution < 1.29 is 23.8 Å². The van der Waals surface area contributed by atoms with E-state index in [2.05, 4.69) is 0 Å². The minimum absolute atomic E-state index is 0.319. The molecule has 0 aliphatic carbocycles. The Morgan fingerprint density at radius 3 is 2.43 bits per heavy atom. The number of methoxy groups -OCH3 is 1. The largest absolute Gasteiger partial charge is 0.493 e. The maximum Gasteiger partial charge on any atom is 0.338 e. The predicted molar refractivity (Wildman–Crippen MR) is 85.1 cm³/mol. The Labute approximate surface area is 134 Å². The molecule has 0 radical (unpaired) electrons. The summed E-state index contributed by atoms with van der Waals surface area (Å²) in [6, 6.07) is 12.0. The van der Waals surface area contributed by atoms with Gasteiger partial charge >= 0.3 is 5.97 Å². The Kier molecular flexibility index (Phi) is 5.74. The average Bonchev–Trinajstić information content (AvgIpc) is 2.60. The Bertz CT molecular complexity index is 676. The monoisotopic (exact) mass is 314 g/mol. The van der Waals surface area contributed by atoms with Crippen LogP contribution in [0.2, 0.25) is 0 Å². The molecule has 0 unspecified atom stereocenters. The number of ether oxygens (including phenoxy) is 3. The lowest BCUT2D eigenvalue weighted by atomic mass is 10.1. The van der Waals surface area contributed by atoms with Gasteiger partial charge in [0, 0.05) is 5.56 Å². The Balaban J connectivity index is 2.03. The van der Waals surface area contributed by atoms with E-state index in [4.69, 9.17) is 14.2 Å². The molecule has 0 N–H and O–H groups in total. The summed E-state index contributed by atoms with van der Waals surface area (Å²) in [6.07, 6.45) is 0.750. The van der Waals surface area contributed by atoms with Crippen LogP contribution in [0.1, 0.15) is 33.2 Å². The van der Waals surface area contributed by atoms with Crippen molar-refractivity contribution in [3.8, 4) is 11.5 Å². The summed E-state index contributed by atoms with van der Waals surface area (Å²) in [5.74, 6) is 0.705. The van der Waals surface area contributed by atoms with Gasteiger partial charge in [0.25, 0.3) is 0 Å². The van der Waals surface area contributed by atoms with Crippen LogP contribution in [0.5, 0.6) is 11.5 Å². The molecule has 2 aromatic carbocycles. The lowest BCUT2D eigenvalue weighted by Crippen LogP contribution is -2.05. The first-order valence-electron chi connectivity index (χ1n) is 7.20. The van der Waals surface area contributed by atoms with E-state index in [1.54, 1.807) is 49.4 Å². The maximum absolute atomic E-state index is 11.6. The molecule has 0 bridgehead atoms. The first-order valence-corrected chi connectivity index (χ1v) is 7.20.